The standard InChI is InChI=1S/C26H31N5O7S2/c1-16(14-35-3)38-30-23(17-4-6-19(7-5-17)40(33,34)20-10-11-36-15-20)24(32)29-26-27-21-8-9-22(28-25(21)39-26)37-18-12-31(2)13-18/h4-9,16,18,20H,10-15H2,1-3H3,(H,27,29,32)/t16-,20+/m1/s1. The molecule has 12 nitrogen and oxygen atoms in total. The lowest BCUT2D eigenvalue weighted by atomic mass is 10.1. The van der Waals surface area contributed by atoms with E-state index in [0.29, 0.717) is 39.9 Å². The molecule has 3 aromatic rings. The first-order valence-electron chi connectivity index (χ1n) is 12.8. The fourth-order valence-corrected chi connectivity index (χ4v) is 6.76. The van der Waals surface area contributed by atoms with Crippen LogP contribution in [-0.2, 0) is 28.9 Å². The molecule has 1 amide bonds. The lowest BCUT2D eigenvalue weighted by molar-refractivity contribution is -0.110. The zero-order valence-corrected chi connectivity index (χ0v) is 24.0. The van der Waals surface area contributed by atoms with Crippen molar-refractivity contribution in [3.05, 3.63) is 42.0 Å². The second-order valence-electron chi connectivity index (χ2n) is 9.77. The zero-order chi connectivity index (χ0) is 28.3. The van der Waals surface area contributed by atoms with Crippen molar-refractivity contribution >= 4 is 48.3 Å². The predicted molar refractivity (Wildman–Crippen MR) is 150 cm³/mol. The van der Waals surface area contributed by atoms with E-state index in [1.807, 2.05) is 7.05 Å². The van der Waals surface area contributed by atoms with E-state index in [1.165, 1.54) is 42.7 Å². The molecule has 2 aliphatic rings. The number of nitrogens with zero attached hydrogens (tertiary/aromatic N) is 4. The molecule has 40 heavy (non-hydrogen) atoms. The summed E-state index contributed by atoms with van der Waals surface area (Å²) in [4.78, 5) is 30.8. The van der Waals surface area contributed by atoms with E-state index < -0.39 is 27.1 Å². The van der Waals surface area contributed by atoms with Crippen molar-refractivity contribution in [2.45, 2.75) is 35.7 Å². The molecule has 4 heterocycles. The number of fused-ring (bicyclic) bond motifs is 1. The number of hydrogen-bond donors (Lipinski definition) is 1. The summed E-state index contributed by atoms with van der Waals surface area (Å²) in [6.45, 7) is 4.31. The molecule has 0 spiro atoms. The maximum absolute atomic E-state index is 13.4. The van der Waals surface area contributed by atoms with Gasteiger partial charge in [0.25, 0.3) is 5.91 Å². The quantitative estimate of drug-likeness (QED) is 0.262. The number of methoxy groups -OCH3 is 1. The minimum atomic E-state index is -3.55. The van der Waals surface area contributed by atoms with Crippen molar-refractivity contribution in [3.8, 4) is 5.88 Å². The lowest BCUT2D eigenvalue weighted by Gasteiger charge is -2.35. The van der Waals surface area contributed by atoms with Gasteiger partial charge in [-0.1, -0.05) is 28.6 Å². The van der Waals surface area contributed by atoms with Crippen molar-refractivity contribution in [1.82, 2.24) is 14.9 Å². The number of hydrogen-bond acceptors (Lipinski definition) is 12. The second kappa shape index (κ2) is 12.1. The van der Waals surface area contributed by atoms with Crippen molar-refractivity contribution in [2.75, 3.05) is 52.4 Å². The van der Waals surface area contributed by atoms with E-state index in [9.17, 15) is 13.2 Å². The topological polar surface area (TPSA) is 142 Å². The molecule has 0 bridgehead atoms. The highest BCUT2D eigenvalue weighted by Gasteiger charge is 2.31. The number of amides is 1. The van der Waals surface area contributed by atoms with Crippen LogP contribution in [0.5, 0.6) is 5.88 Å². The summed E-state index contributed by atoms with van der Waals surface area (Å²) < 4.78 is 42.1. The van der Waals surface area contributed by atoms with E-state index in [0.717, 1.165) is 13.1 Å². The Kier molecular flexibility index (Phi) is 8.61. The van der Waals surface area contributed by atoms with E-state index in [2.05, 4.69) is 25.3 Å². The van der Waals surface area contributed by atoms with Gasteiger partial charge in [-0.2, -0.15) is 0 Å². The van der Waals surface area contributed by atoms with Gasteiger partial charge in [0, 0.05) is 38.4 Å². The Morgan fingerprint density at radius 2 is 2.00 bits per heavy atom. The molecule has 1 N–H and O–H groups in total. The highest BCUT2D eigenvalue weighted by molar-refractivity contribution is 7.92. The Bertz CT molecular complexity index is 1480. The first kappa shape index (κ1) is 28.4. The largest absolute Gasteiger partial charge is 0.472 e. The molecule has 5 rings (SSSR count). The highest BCUT2D eigenvalue weighted by Crippen LogP contribution is 2.28. The number of pyridine rings is 1. The van der Waals surface area contributed by atoms with Crippen molar-refractivity contribution in [3.63, 3.8) is 0 Å². The fourth-order valence-electron chi connectivity index (χ4n) is 4.35. The maximum Gasteiger partial charge on any atom is 0.280 e. The molecular weight excluding hydrogens is 558 g/mol. The molecular formula is C26H31N5O7S2. The SMILES string of the molecule is COC[C@@H](C)ON=C(C(=O)Nc1nc2ccc(OC3CN(C)C3)nc2s1)c1ccc(S(=O)(=O)[C@H]2CCOC2)cc1. The summed E-state index contributed by atoms with van der Waals surface area (Å²) in [5, 5.41) is 6.60. The number of thiazole rings is 1. The minimum absolute atomic E-state index is 0.0403. The normalized spacial score (nSPS) is 19.4. The Morgan fingerprint density at radius 3 is 2.67 bits per heavy atom. The minimum Gasteiger partial charge on any atom is -0.472 e. The van der Waals surface area contributed by atoms with Crippen LogP contribution in [0.2, 0.25) is 0 Å². The number of oxime groups is 1. The predicted octanol–water partition coefficient (Wildman–Crippen LogP) is 2.34. The van der Waals surface area contributed by atoms with Crippen LogP contribution in [0.15, 0.2) is 46.4 Å². The second-order valence-corrected chi connectivity index (χ2v) is 13.0. The zero-order valence-electron chi connectivity index (χ0n) is 22.4. The fraction of sp³-hybridized carbons (Fsp3) is 0.462. The summed E-state index contributed by atoms with van der Waals surface area (Å²) in [6, 6.07) is 9.56. The van der Waals surface area contributed by atoms with Crippen molar-refractivity contribution < 1.29 is 32.3 Å². The van der Waals surface area contributed by atoms with Gasteiger partial charge < -0.3 is 19.0 Å². The molecule has 0 radical (unpaired) electrons. The highest BCUT2D eigenvalue weighted by atomic mass is 32.2. The number of rotatable bonds is 11. The summed E-state index contributed by atoms with van der Waals surface area (Å²) in [6.07, 6.45) is 0.136. The van der Waals surface area contributed by atoms with E-state index >= 15 is 0 Å². The number of sulfone groups is 1. The van der Waals surface area contributed by atoms with Crippen LogP contribution in [0.1, 0.15) is 18.9 Å². The summed E-state index contributed by atoms with van der Waals surface area (Å²) >= 11 is 1.21. The first-order valence-corrected chi connectivity index (χ1v) is 15.2. The third-order valence-corrected chi connectivity index (χ3v) is 9.55. The van der Waals surface area contributed by atoms with Gasteiger partial charge in [-0.3, -0.25) is 15.0 Å². The Morgan fingerprint density at radius 1 is 1.23 bits per heavy atom. The number of likely N-dealkylation sites (N-methyl/N-ethyl adjacent to an activating group) is 1. The van der Waals surface area contributed by atoms with Gasteiger partial charge in [0.05, 0.1) is 23.4 Å². The van der Waals surface area contributed by atoms with Gasteiger partial charge in [-0.15, -0.1) is 0 Å². The van der Waals surface area contributed by atoms with Gasteiger partial charge in [-0.25, -0.2) is 18.4 Å². The molecule has 2 aromatic heterocycles. The average molecular weight is 590 g/mol. The van der Waals surface area contributed by atoms with Crippen LogP contribution >= 0.6 is 11.3 Å². The van der Waals surface area contributed by atoms with Crippen LogP contribution < -0.4 is 10.1 Å². The van der Waals surface area contributed by atoms with Crippen LogP contribution in [0.25, 0.3) is 10.3 Å². The molecule has 14 heteroatoms. The molecule has 2 aliphatic heterocycles. The molecule has 0 aliphatic carbocycles. The Hall–Kier alpha value is -3.17. The van der Waals surface area contributed by atoms with Gasteiger partial charge in [0.1, 0.15) is 22.6 Å². The van der Waals surface area contributed by atoms with Crippen LogP contribution in [0, 0.1) is 0 Å². The number of aromatic nitrogens is 2. The number of ether oxygens (including phenoxy) is 3. The van der Waals surface area contributed by atoms with Gasteiger partial charge in [0.2, 0.25) is 5.88 Å². The molecule has 1 aromatic carbocycles. The van der Waals surface area contributed by atoms with Crippen LogP contribution in [0.3, 0.4) is 0 Å². The van der Waals surface area contributed by atoms with E-state index in [4.69, 9.17) is 19.0 Å². The maximum atomic E-state index is 13.4. The molecule has 2 fully saturated rings. The van der Waals surface area contributed by atoms with E-state index in [1.54, 1.807) is 19.1 Å². The smallest absolute Gasteiger partial charge is 0.280 e. The third-order valence-electron chi connectivity index (χ3n) is 6.49. The third kappa shape index (κ3) is 6.41. The molecule has 214 valence electrons. The Labute approximate surface area is 236 Å². The molecule has 2 atom stereocenters. The number of anilines is 1. The van der Waals surface area contributed by atoms with Crippen molar-refractivity contribution in [2.24, 2.45) is 5.16 Å². The number of carbonyl (C=O) groups is 1. The molecule has 2 saturated heterocycles. The lowest BCUT2D eigenvalue weighted by Crippen LogP contribution is -2.51. The number of benzene rings is 1. The van der Waals surface area contributed by atoms with Crippen LogP contribution in [0.4, 0.5) is 5.13 Å². The van der Waals surface area contributed by atoms with Crippen molar-refractivity contribution in [1.29, 1.82) is 0 Å². The summed E-state index contributed by atoms with van der Waals surface area (Å²) in [5.74, 6) is -0.0634. The summed E-state index contributed by atoms with van der Waals surface area (Å²) in [5.41, 5.74) is 0.956. The van der Waals surface area contributed by atoms with Gasteiger partial charge in [-0.05, 0) is 38.6 Å². The molecule has 0 saturated carbocycles. The van der Waals surface area contributed by atoms with Crippen LogP contribution in [-0.4, -0.2) is 99.4 Å². The average Bonchev–Trinajstić information content (AvgIpc) is 3.59. The number of likely N-dealkylation sites (tertiary alicyclic amines) is 1. The summed E-state index contributed by atoms with van der Waals surface area (Å²) in [7, 11) is 0.0101. The first-order chi connectivity index (χ1) is 19.2. The van der Waals surface area contributed by atoms with E-state index in [-0.39, 0.29) is 29.9 Å². The molecule has 0 unspecified atom stereocenters. The van der Waals surface area contributed by atoms with Gasteiger partial charge in [0.15, 0.2) is 20.7 Å². The Balaban J connectivity index is 1.35. The van der Waals surface area contributed by atoms with Gasteiger partial charge >= 0.3 is 0 Å². The number of nitrogens with one attached hydrogen (secondary N) is 1. The number of carbonyl (C=O) groups excluding carboxylic acids is 1. The monoisotopic (exact) mass is 589 g/mol.